The number of aromatic amines is 1. The summed E-state index contributed by atoms with van der Waals surface area (Å²) < 4.78 is 34.8. The molecule has 3 fully saturated rings. The zero-order valence-electron chi connectivity index (χ0n) is 21.3. The normalized spacial score (nSPS) is 29.3. The van der Waals surface area contributed by atoms with E-state index < -0.39 is 43.8 Å². The van der Waals surface area contributed by atoms with Crippen LogP contribution in [0.25, 0.3) is 4.85 Å². The van der Waals surface area contributed by atoms with Gasteiger partial charge >= 0.3 is 5.69 Å². The fourth-order valence-corrected chi connectivity index (χ4v) is 6.84. The van der Waals surface area contributed by atoms with Crippen LogP contribution in [0.2, 0.25) is 0 Å². The Morgan fingerprint density at radius 2 is 2.00 bits per heavy atom. The smallest absolute Gasteiger partial charge is 0.330 e. The third-order valence-electron chi connectivity index (χ3n) is 6.55. The Morgan fingerprint density at radius 1 is 1.28 bits per heavy atom. The molecule has 0 aromatic carbocycles. The van der Waals surface area contributed by atoms with E-state index >= 15 is 0 Å². The molecular weight excluding hydrogens is 489 g/mol. The van der Waals surface area contributed by atoms with Gasteiger partial charge in [-0.2, -0.15) is 0 Å². The lowest BCUT2D eigenvalue weighted by Crippen LogP contribution is -2.54. The number of fused-ring (bicyclic) bond motifs is 2. The monoisotopic (exact) mass is 525 g/mol. The van der Waals surface area contributed by atoms with Crippen LogP contribution in [0.1, 0.15) is 33.9 Å². The lowest BCUT2D eigenvalue weighted by atomic mass is 9.98. The lowest BCUT2D eigenvalue weighted by Gasteiger charge is -2.40. The SMILES string of the molecule is [C-]#[N+]CCOP(OC1[C@@H]2OC[C@]1(CN1CCOCC1)O[C@H]2n1ccc(=O)[nH]c1=O)N(C(C)C)C(C)C. The molecule has 5 atom stereocenters. The van der Waals surface area contributed by atoms with Crippen molar-refractivity contribution < 1.29 is 23.3 Å². The van der Waals surface area contributed by atoms with Crippen LogP contribution < -0.4 is 11.2 Å². The van der Waals surface area contributed by atoms with E-state index in [1.165, 1.54) is 16.8 Å². The second-order valence-corrected chi connectivity index (χ2v) is 11.2. The number of ether oxygens (including phenoxy) is 3. The van der Waals surface area contributed by atoms with E-state index in [2.05, 4.69) is 47.1 Å². The highest BCUT2D eigenvalue weighted by atomic mass is 31.2. The number of hydrogen-bond acceptors (Lipinski definition) is 9. The fourth-order valence-electron chi connectivity index (χ4n) is 5.04. The van der Waals surface area contributed by atoms with Crippen LogP contribution >= 0.6 is 8.53 Å². The summed E-state index contributed by atoms with van der Waals surface area (Å²) in [5.74, 6) is 0. The fraction of sp³-hybridized carbons (Fsp3) is 0.783. The first-order chi connectivity index (χ1) is 17.3. The second kappa shape index (κ2) is 11.8. The molecule has 4 heterocycles. The van der Waals surface area contributed by atoms with Gasteiger partial charge in [0.2, 0.25) is 6.54 Å². The minimum absolute atomic E-state index is 0.137. The van der Waals surface area contributed by atoms with Crippen LogP contribution in [-0.4, -0.2) is 102 Å². The van der Waals surface area contributed by atoms with E-state index in [0.717, 1.165) is 13.1 Å². The van der Waals surface area contributed by atoms with Crippen LogP contribution in [-0.2, 0) is 23.3 Å². The first-order valence-corrected chi connectivity index (χ1v) is 13.5. The van der Waals surface area contributed by atoms with Crippen molar-refractivity contribution >= 4 is 8.53 Å². The summed E-state index contributed by atoms with van der Waals surface area (Å²) in [5.41, 5.74) is -1.88. The molecule has 0 saturated carbocycles. The van der Waals surface area contributed by atoms with Gasteiger partial charge in [0.25, 0.3) is 14.1 Å². The average Bonchev–Trinajstić information content (AvgIpc) is 3.30. The third kappa shape index (κ3) is 5.74. The molecule has 0 spiro atoms. The topological polar surface area (TPSA) is 112 Å². The molecule has 3 aliphatic heterocycles. The van der Waals surface area contributed by atoms with E-state index in [1.54, 1.807) is 0 Å². The average molecular weight is 526 g/mol. The summed E-state index contributed by atoms with van der Waals surface area (Å²) in [6, 6.07) is 1.57. The van der Waals surface area contributed by atoms with E-state index in [0.29, 0.717) is 26.4 Å². The van der Waals surface area contributed by atoms with Crippen LogP contribution in [0.15, 0.2) is 21.9 Å². The second-order valence-electron chi connectivity index (χ2n) is 9.80. The van der Waals surface area contributed by atoms with Gasteiger partial charge in [0.1, 0.15) is 24.4 Å². The molecule has 36 heavy (non-hydrogen) atoms. The molecule has 1 N–H and O–H groups in total. The Labute approximate surface area is 212 Å². The van der Waals surface area contributed by atoms with Crippen molar-refractivity contribution in [3.05, 3.63) is 44.5 Å². The summed E-state index contributed by atoms with van der Waals surface area (Å²) in [7, 11) is -1.55. The maximum absolute atomic E-state index is 12.6. The number of rotatable bonds is 11. The Bertz CT molecular complexity index is 1030. The molecule has 3 aliphatic rings. The van der Waals surface area contributed by atoms with E-state index in [1.807, 2.05) is 0 Å². The Kier molecular flexibility index (Phi) is 8.96. The molecule has 0 aliphatic carbocycles. The summed E-state index contributed by atoms with van der Waals surface area (Å²) >= 11 is 0. The highest BCUT2D eigenvalue weighted by Gasteiger charge is 2.64. The van der Waals surface area contributed by atoms with Crippen LogP contribution in [0.4, 0.5) is 0 Å². The Morgan fingerprint density at radius 3 is 2.64 bits per heavy atom. The van der Waals surface area contributed by atoms with Crippen molar-refractivity contribution in [3.63, 3.8) is 0 Å². The maximum atomic E-state index is 12.6. The van der Waals surface area contributed by atoms with Gasteiger partial charge < -0.3 is 28.1 Å². The molecule has 4 rings (SSSR count). The molecule has 0 radical (unpaired) electrons. The summed E-state index contributed by atoms with van der Waals surface area (Å²) in [4.78, 5) is 32.3. The first-order valence-electron chi connectivity index (χ1n) is 12.4. The number of H-pyrrole nitrogens is 1. The molecule has 1 aromatic heterocycles. The van der Waals surface area contributed by atoms with Gasteiger partial charge in [-0.05, 0) is 27.7 Å². The van der Waals surface area contributed by atoms with Gasteiger partial charge in [0.05, 0.1) is 19.8 Å². The predicted octanol–water partition coefficient (Wildman–Crippen LogP) is 1.20. The number of nitrogens with one attached hydrogen (secondary N) is 1. The first kappa shape index (κ1) is 27.4. The molecule has 2 unspecified atom stereocenters. The molecule has 1 aromatic rings. The lowest BCUT2D eigenvalue weighted by molar-refractivity contribution is -0.183. The number of hydrogen-bond donors (Lipinski definition) is 1. The highest BCUT2D eigenvalue weighted by molar-refractivity contribution is 7.44. The van der Waals surface area contributed by atoms with Crippen LogP contribution in [0, 0.1) is 6.57 Å². The van der Waals surface area contributed by atoms with Gasteiger partial charge in [-0.25, -0.2) is 16.0 Å². The highest BCUT2D eigenvalue weighted by Crippen LogP contribution is 2.55. The maximum Gasteiger partial charge on any atom is 0.330 e. The largest absolute Gasteiger partial charge is 0.379 e. The van der Waals surface area contributed by atoms with Crippen LogP contribution in [0.3, 0.4) is 0 Å². The standard InChI is InChI=1S/C23H36N5O7P/c1-16(2)28(17(3)4)36(33-11-7-24-5)35-20-19-21(27-8-6-18(29)25-22(27)30)34-23(20,15-32-19)14-26-9-12-31-13-10-26/h6,8,16-17,19-21H,7,9-15H2,1-4H3,(H,25,29,30)/t19-,20?,21+,23-,36?/m0/s1. The molecule has 0 amide bonds. The number of nitrogens with zero attached hydrogens (tertiary/aromatic N) is 4. The number of aromatic nitrogens is 2. The van der Waals surface area contributed by atoms with Gasteiger partial charge in [-0.1, -0.05) is 0 Å². The van der Waals surface area contributed by atoms with Crippen molar-refractivity contribution in [1.29, 1.82) is 0 Å². The van der Waals surface area contributed by atoms with Crippen LogP contribution in [0.5, 0.6) is 0 Å². The zero-order chi connectivity index (χ0) is 25.9. The Balaban J connectivity index is 1.66. The van der Waals surface area contributed by atoms with E-state index in [9.17, 15) is 9.59 Å². The summed E-state index contributed by atoms with van der Waals surface area (Å²) in [6.07, 6.45) is -0.437. The third-order valence-corrected chi connectivity index (χ3v) is 8.66. The van der Waals surface area contributed by atoms with Gasteiger partial charge in [0, 0.05) is 44.0 Å². The van der Waals surface area contributed by atoms with Gasteiger partial charge in [-0.15, -0.1) is 0 Å². The number of morpholine rings is 1. The minimum atomic E-state index is -1.55. The van der Waals surface area contributed by atoms with Crippen molar-refractivity contribution in [2.45, 2.75) is 63.8 Å². The molecule has 12 nitrogen and oxygen atoms in total. The quantitative estimate of drug-likeness (QED) is 0.259. The van der Waals surface area contributed by atoms with Crippen molar-refractivity contribution in [3.8, 4) is 0 Å². The predicted molar refractivity (Wildman–Crippen MR) is 132 cm³/mol. The van der Waals surface area contributed by atoms with Crippen molar-refractivity contribution in [1.82, 2.24) is 19.1 Å². The molecule has 13 heteroatoms. The molecular formula is C23H36N5O7P. The zero-order valence-corrected chi connectivity index (χ0v) is 22.2. The minimum Gasteiger partial charge on any atom is -0.379 e. The molecule has 3 saturated heterocycles. The van der Waals surface area contributed by atoms with E-state index in [-0.39, 0.29) is 25.2 Å². The summed E-state index contributed by atoms with van der Waals surface area (Å²) in [6.45, 7) is 19.6. The molecule has 200 valence electrons. The molecule has 2 bridgehead atoms. The van der Waals surface area contributed by atoms with Gasteiger partial charge in [-0.3, -0.25) is 19.2 Å². The van der Waals surface area contributed by atoms with Crippen molar-refractivity contribution in [2.75, 3.05) is 52.6 Å². The Hall–Kier alpha value is -1.68. The van der Waals surface area contributed by atoms with Gasteiger partial charge in [0.15, 0.2) is 6.23 Å². The summed E-state index contributed by atoms with van der Waals surface area (Å²) in [5, 5.41) is 0. The van der Waals surface area contributed by atoms with E-state index in [4.69, 9.17) is 29.8 Å². The van der Waals surface area contributed by atoms with Crippen molar-refractivity contribution in [2.24, 2.45) is 0 Å².